The van der Waals surface area contributed by atoms with Gasteiger partial charge in [0.2, 0.25) is 5.91 Å². The van der Waals surface area contributed by atoms with Gasteiger partial charge in [0.15, 0.2) is 5.96 Å². The Morgan fingerprint density at radius 2 is 1.84 bits per heavy atom. The minimum absolute atomic E-state index is 0. The topological polar surface area (TPSA) is 70.4 Å². The molecule has 0 saturated carbocycles. The summed E-state index contributed by atoms with van der Waals surface area (Å²) < 4.78 is 14.9. The molecule has 0 radical (unpaired) electrons. The molecule has 3 N–H and O–H groups in total. The largest absolute Gasteiger partial charge is 0.357 e. The second-order valence-electron chi connectivity index (χ2n) is 5.10. The van der Waals surface area contributed by atoms with E-state index < -0.39 is 0 Å². The summed E-state index contributed by atoms with van der Waals surface area (Å²) in [5.41, 5.74) is 0.544. The third-order valence-corrected chi connectivity index (χ3v) is 3.18. The van der Waals surface area contributed by atoms with Crippen molar-refractivity contribution in [2.45, 2.75) is 13.5 Å². The number of halogens is 2. The Morgan fingerprint density at radius 3 is 2.48 bits per heavy atom. The number of rotatable bonds is 7. The fourth-order valence-corrected chi connectivity index (χ4v) is 2.05. The zero-order valence-corrected chi connectivity index (χ0v) is 16.4. The minimum atomic E-state index is -0.340. The minimum Gasteiger partial charge on any atom is -0.357 e. The Morgan fingerprint density at radius 1 is 1.16 bits per heavy atom. The van der Waals surface area contributed by atoms with E-state index in [-0.39, 0.29) is 42.2 Å². The molecule has 8 heteroatoms. The van der Waals surface area contributed by atoms with Crippen LogP contribution in [0.5, 0.6) is 0 Å². The lowest BCUT2D eigenvalue weighted by Crippen LogP contribution is -2.39. The van der Waals surface area contributed by atoms with Gasteiger partial charge in [0.1, 0.15) is 12.4 Å². The van der Waals surface area contributed by atoms with Crippen LogP contribution >= 0.6 is 24.0 Å². The van der Waals surface area contributed by atoms with Crippen molar-refractivity contribution in [3.05, 3.63) is 54.6 Å². The van der Waals surface area contributed by atoms with Crippen LogP contribution in [0.25, 0.3) is 0 Å². The predicted molar refractivity (Wildman–Crippen MR) is 109 cm³/mol. The molecule has 1 heterocycles. The van der Waals surface area contributed by atoms with E-state index in [1.54, 1.807) is 0 Å². The van der Waals surface area contributed by atoms with Gasteiger partial charge in [0.25, 0.3) is 0 Å². The van der Waals surface area contributed by atoms with Crippen molar-refractivity contribution in [1.82, 2.24) is 15.2 Å². The number of amides is 1. The van der Waals surface area contributed by atoms with E-state index in [1.807, 2.05) is 31.5 Å². The molecule has 0 aliphatic carbocycles. The molecule has 0 aliphatic rings. The molecule has 1 aromatic carbocycles. The molecule has 2 aromatic rings. The van der Waals surface area contributed by atoms with Gasteiger partial charge >= 0.3 is 0 Å². The van der Waals surface area contributed by atoms with Crippen LogP contribution in [-0.4, -0.2) is 36.1 Å². The molecule has 0 spiro atoms. The molecule has 136 valence electrons. The second-order valence-corrected chi connectivity index (χ2v) is 5.10. The van der Waals surface area contributed by atoms with Gasteiger partial charge in [-0.3, -0.25) is 4.79 Å². The number of carbonyl (C=O) groups excluding carboxylic acids is 1. The number of carbonyl (C=O) groups is 1. The number of hydrogen-bond acceptors (Lipinski definition) is 2. The van der Waals surface area contributed by atoms with Crippen LogP contribution in [0.15, 0.2) is 53.8 Å². The van der Waals surface area contributed by atoms with Gasteiger partial charge in [-0.25, -0.2) is 9.38 Å². The third kappa shape index (κ3) is 8.01. The molecular weight excluding hydrogens is 436 g/mol. The van der Waals surface area contributed by atoms with Crippen molar-refractivity contribution < 1.29 is 9.18 Å². The normalized spacial score (nSPS) is 10.7. The first-order valence-corrected chi connectivity index (χ1v) is 7.85. The summed E-state index contributed by atoms with van der Waals surface area (Å²) >= 11 is 0. The summed E-state index contributed by atoms with van der Waals surface area (Å²) in [7, 11) is 0. The van der Waals surface area contributed by atoms with Crippen molar-refractivity contribution in [2.24, 2.45) is 4.99 Å². The Bertz CT molecular complexity index is 658. The SMILES string of the molecule is CCNC(=NCC(=O)Nc1ccc(F)cc1)NCCn1cccc1.I. The van der Waals surface area contributed by atoms with E-state index >= 15 is 0 Å². The molecule has 25 heavy (non-hydrogen) atoms. The Hall–Kier alpha value is -2.10. The van der Waals surface area contributed by atoms with Crippen LogP contribution in [0.1, 0.15) is 6.92 Å². The van der Waals surface area contributed by atoms with Gasteiger partial charge in [-0.05, 0) is 43.3 Å². The fourth-order valence-electron chi connectivity index (χ4n) is 2.05. The lowest BCUT2D eigenvalue weighted by Gasteiger charge is -2.11. The number of aromatic nitrogens is 1. The van der Waals surface area contributed by atoms with Gasteiger partial charge in [-0.2, -0.15) is 0 Å². The van der Waals surface area contributed by atoms with Crippen LogP contribution in [0.2, 0.25) is 0 Å². The summed E-state index contributed by atoms with van der Waals surface area (Å²) in [5, 5.41) is 8.94. The molecule has 0 unspecified atom stereocenters. The smallest absolute Gasteiger partial charge is 0.246 e. The third-order valence-electron chi connectivity index (χ3n) is 3.18. The van der Waals surface area contributed by atoms with Crippen molar-refractivity contribution in [1.29, 1.82) is 0 Å². The Balaban J connectivity index is 0.00000312. The molecule has 0 saturated heterocycles. The van der Waals surface area contributed by atoms with Crippen LogP contribution < -0.4 is 16.0 Å². The van der Waals surface area contributed by atoms with Crippen molar-refractivity contribution >= 4 is 41.5 Å². The van der Waals surface area contributed by atoms with E-state index in [0.717, 1.165) is 6.54 Å². The highest BCUT2D eigenvalue weighted by molar-refractivity contribution is 14.0. The molecule has 0 atom stereocenters. The van der Waals surface area contributed by atoms with Crippen molar-refractivity contribution in [3.63, 3.8) is 0 Å². The highest BCUT2D eigenvalue weighted by atomic mass is 127. The van der Waals surface area contributed by atoms with E-state index in [4.69, 9.17) is 0 Å². The Labute approximate surface area is 163 Å². The van der Waals surface area contributed by atoms with E-state index in [1.165, 1.54) is 24.3 Å². The number of nitrogens with zero attached hydrogens (tertiary/aromatic N) is 2. The van der Waals surface area contributed by atoms with Gasteiger partial charge in [-0.1, -0.05) is 0 Å². The summed E-state index contributed by atoms with van der Waals surface area (Å²) in [6.07, 6.45) is 3.98. The number of benzene rings is 1. The molecule has 2 rings (SSSR count). The maximum Gasteiger partial charge on any atom is 0.246 e. The fraction of sp³-hybridized carbons (Fsp3) is 0.294. The van der Waals surface area contributed by atoms with Crippen LogP contribution in [0, 0.1) is 5.82 Å². The van der Waals surface area contributed by atoms with Crippen LogP contribution in [-0.2, 0) is 11.3 Å². The van der Waals surface area contributed by atoms with Gasteiger partial charge < -0.3 is 20.5 Å². The average Bonchev–Trinajstić information content (AvgIpc) is 3.08. The molecule has 0 fully saturated rings. The van der Waals surface area contributed by atoms with Crippen LogP contribution in [0.3, 0.4) is 0 Å². The summed E-state index contributed by atoms with van der Waals surface area (Å²) in [6.45, 7) is 4.15. The summed E-state index contributed by atoms with van der Waals surface area (Å²) in [4.78, 5) is 16.1. The second kappa shape index (κ2) is 11.5. The van der Waals surface area contributed by atoms with E-state index in [2.05, 4.69) is 25.5 Å². The molecule has 0 aliphatic heterocycles. The quantitative estimate of drug-likeness (QED) is 0.339. The summed E-state index contributed by atoms with van der Waals surface area (Å²) in [6, 6.07) is 9.56. The standard InChI is InChI=1S/C17H22FN5O.HI/c1-2-19-17(20-9-12-23-10-3-4-11-23)21-13-16(24)22-15-7-5-14(18)6-8-15;/h3-8,10-11H,2,9,12-13H2,1H3,(H,22,24)(H2,19,20,21);1H. The maximum atomic E-state index is 12.8. The van der Waals surface area contributed by atoms with E-state index in [9.17, 15) is 9.18 Å². The van der Waals surface area contributed by atoms with Crippen molar-refractivity contribution in [2.75, 3.05) is 25.0 Å². The number of nitrogens with one attached hydrogen (secondary N) is 3. The molecule has 1 aromatic heterocycles. The molecule has 6 nitrogen and oxygen atoms in total. The average molecular weight is 459 g/mol. The zero-order chi connectivity index (χ0) is 17.2. The van der Waals surface area contributed by atoms with Gasteiger partial charge in [0, 0.05) is 37.7 Å². The van der Waals surface area contributed by atoms with Crippen LogP contribution in [0.4, 0.5) is 10.1 Å². The number of aliphatic imine (C=N–C) groups is 1. The number of anilines is 1. The van der Waals surface area contributed by atoms with Gasteiger partial charge in [0.05, 0.1) is 0 Å². The molecule has 1 amide bonds. The number of hydrogen-bond donors (Lipinski definition) is 3. The highest BCUT2D eigenvalue weighted by Crippen LogP contribution is 2.07. The van der Waals surface area contributed by atoms with Crippen molar-refractivity contribution in [3.8, 4) is 0 Å². The maximum absolute atomic E-state index is 12.8. The first-order chi connectivity index (χ1) is 11.7. The summed E-state index contributed by atoms with van der Waals surface area (Å²) in [5.74, 6) is -0.0181. The molecule has 0 bridgehead atoms. The zero-order valence-electron chi connectivity index (χ0n) is 14.0. The number of guanidine groups is 1. The van der Waals surface area contributed by atoms with E-state index in [0.29, 0.717) is 24.7 Å². The lowest BCUT2D eigenvalue weighted by molar-refractivity contribution is -0.114. The first-order valence-electron chi connectivity index (χ1n) is 7.85. The first kappa shape index (κ1) is 20.9. The lowest BCUT2D eigenvalue weighted by atomic mass is 10.3. The van der Waals surface area contributed by atoms with Gasteiger partial charge in [-0.15, -0.1) is 24.0 Å². The highest BCUT2D eigenvalue weighted by Gasteiger charge is 2.03. The monoisotopic (exact) mass is 459 g/mol. The molecular formula is C17H23FIN5O. The Kier molecular flexibility index (Phi) is 9.60. The predicted octanol–water partition coefficient (Wildman–Crippen LogP) is 2.44.